The van der Waals surface area contributed by atoms with Crippen LogP contribution in [0.25, 0.3) is 11.1 Å². The molecule has 0 atom stereocenters. The highest BCUT2D eigenvalue weighted by molar-refractivity contribution is 6.31. The van der Waals surface area contributed by atoms with E-state index in [0.717, 1.165) is 106 Å². The van der Waals surface area contributed by atoms with E-state index in [2.05, 4.69) is 73.8 Å². The molecular formula is C56H67ClF2N12O3. The number of rotatable bonds is 11. The topological polar surface area (TPSA) is 154 Å². The molecule has 0 radical (unpaired) electrons. The van der Waals surface area contributed by atoms with Crippen molar-refractivity contribution in [1.82, 2.24) is 44.9 Å². The molecular weight excluding hydrogens is 962 g/mol. The number of ether oxygens (including phenoxy) is 1. The molecule has 2 saturated carbocycles. The number of carbonyl (C=O) groups is 2. The minimum absolute atomic E-state index is 0.00362. The first-order valence-electron chi connectivity index (χ1n) is 26.5. The summed E-state index contributed by atoms with van der Waals surface area (Å²) in [7, 11) is 1.80. The number of piperidine rings is 1. The van der Waals surface area contributed by atoms with E-state index in [-0.39, 0.29) is 41.3 Å². The van der Waals surface area contributed by atoms with Gasteiger partial charge in [0.1, 0.15) is 17.9 Å². The number of anilines is 3. The first kappa shape index (κ1) is 50.1. The zero-order valence-corrected chi connectivity index (χ0v) is 44.1. The predicted octanol–water partition coefficient (Wildman–Crippen LogP) is 9.47. The number of halogens is 3. The van der Waals surface area contributed by atoms with Gasteiger partial charge in [-0.1, -0.05) is 39.3 Å². The number of aromatic nitrogens is 6. The van der Waals surface area contributed by atoms with E-state index >= 15 is 0 Å². The quantitative estimate of drug-likeness (QED) is 0.135. The molecule has 11 rings (SSSR count). The van der Waals surface area contributed by atoms with Crippen LogP contribution in [-0.4, -0.2) is 109 Å². The highest BCUT2D eigenvalue weighted by Gasteiger charge is 2.64. The number of fused-ring (bicyclic) bond motifs is 2. The van der Waals surface area contributed by atoms with Crippen LogP contribution in [0.5, 0.6) is 5.75 Å². The van der Waals surface area contributed by atoms with Gasteiger partial charge in [0.15, 0.2) is 17.3 Å². The molecule has 2 aromatic carbocycles. The van der Waals surface area contributed by atoms with Crippen LogP contribution >= 0.6 is 11.6 Å². The first-order chi connectivity index (χ1) is 35.4. The lowest BCUT2D eigenvalue weighted by atomic mass is 9.49. The van der Waals surface area contributed by atoms with Gasteiger partial charge in [-0.15, -0.1) is 10.2 Å². The number of hydrogen-bond acceptors (Lipinski definition) is 11. The SMILES string of the molecule is CC(=O)N1CCc2c(c(N3CCCc4cc(-c5cnn(C)c5)c(C(F)F)cc43)nn2C2CCC3(CC2)CCN(CC2CN(c4ccc(C(=O)NC5C(C)(C)C(Oc6ccc(C#N)c(Cl)c6)C5(C)C)nn4)C2)CC3)C1. The number of alkyl halides is 2. The third-order valence-electron chi connectivity index (χ3n) is 17.8. The molecule has 74 heavy (non-hydrogen) atoms. The highest BCUT2D eigenvalue weighted by Crippen LogP contribution is 2.56. The number of aryl methyl sites for hydroxylation is 2. The molecule has 2 saturated heterocycles. The summed E-state index contributed by atoms with van der Waals surface area (Å²) in [6.07, 6.45) is 9.74. The third-order valence-corrected chi connectivity index (χ3v) is 18.1. The Morgan fingerprint density at radius 3 is 2.36 bits per heavy atom. The van der Waals surface area contributed by atoms with Crippen molar-refractivity contribution < 1.29 is 23.1 Å². The summed E-state index contributed by atoms with van der Waals surface area (Å²) < 4.78 is 39.9. The molecule has 1 N–H and O–H groups in total. The highest BCUT2D eigenvalue weighted by atomic mass is 35.5. The van der Waals surface area contributed by atoms with Crippen molar-refractivity contribution in [2.75, 3.05) is 55.6 Å². The molecule has 0 unspecified atom stereocenters. The summed E-state index contributed by atoms with van der Waals surface area (Å²) in [6, 6.07) is 14.5. The Hall–Kier alpha value is -6.12. The normalized spacial score (nSPS) is 22.4. The Labute approximate surface area is 437 Å². The Bertz CT molecular complexity index is 2980. The Balaban J connectivity index is 0.679. The molecule has 4 aliphatic heterocycles. The second kappa shape index (κ2) is 19.2. The van der Waals surface area contributed by atoms with Crippen LogP contribution in [0.1, 0.15) is 130 Å². The first-order valence-corrected chi connectivity index (χ1v) is 26.8. The van der Waals surface area contributed by atoms with Crippen molar-refractivity contribution in [3.05, 3.63) is 93.5 Å². The van der Waals surface area contributed by atoms with Gasteiger partial charge >= 0.3 is 0 Å². The fourth-order valence-electron chi connectivity index (χ4n) is 13.9. The summed E-state index contributed by atoms with van der Waals surface area (Å²) in [6.45, 7) is 16.8. The van der Waals surface area contributed by atoms with Gasteiger partial charge in [0.05, 0.1) is 29.4 Å². The second-order valence-electron chi connectivity index (χ2n) is 23.3. The second-order valence-corrected chi connectivity index (χ2v) is 23.7. The largest absolute Gasteiger partial charge is 0.489 e. The van der Waals surface area contributed by atoms with Crippen LogP contribution in [0.15, 0.2) is 54.9 Å². The Morgan fingerprint density at radius 2 is 1.72 bits per heavy atom. The zero-order chi connectivity index (χ0) is 51.8. The lowest BCUT2D eigenvalue weighted by Crippen LogP contribution is -2.74. The average Bonchev–Trinajstić information content (AvgIpc) is 4.00. The minimum atomic E-state index is -2.65. The van der Waals surface area contributed by atoms with E-state index < -0.39 is 17.3 Å². The van der Waals surface area contributed by atoms with Gasteiger partial charge in [-0.05, 0) is 117 Å². The standard InChI is InChI=1S/C56H67ClF2N12O3/c1-34(72)68-21-15-46-43(33-68)50(70-20-7-8-36-24-41(38-28-61-66(6)32-38)42(49(58)59)26-47(36)70)65-71(46)39-13-16-56(17-14-39)18-22-67(23-19-56)29-35-30-69(31-35)48-12-11-45(63-64-48)51(73)62-52-54(2,3)53(55(52,4)5)74-40-10-9-37(27-60)44(57)25-40/h9-12,24-26,28,32,35,39,49,52-53H,7-8,13-23,29-31,33H2,1-6H3,(H,62,73). The van der Waals surface area contributed by atoms with E-state index in [1.54, 1.807) is 61.4 Å². The molecule has 390 valence electrons. The number of nitriles is 1. The summed E-state index contributed by atoms with van der Waals surface area (Å²) in [5, 5.41) is 31.4. The number of likely N-dealkylation sites (tertiary alicyclic amines) is 1. The fraction of sp³-hybridized carbons (Fsp3) is 0.554. The van der Waals surface area contributed by atoms with E-state index in [9.17, 15) is 23.6 Å². The number of amides is 2. The zero-order valence-electron chi connectivity index (χ0n) is 43.4. The van der Waals surface area contributed by atoms with Gasteiger partial charge in [-0.2, -0.15) is 15.5 Å². The van der Waals surface area contributed by atoms with Gasteiger partial charge < -0.3 is 29.7 Å². The molecule has 1 spiro atoms. The van der Waals surface area contributed by atoms with Crippen molar-refractivity contribution >= 4 is 40.7 Å². The smallest absolute Gasteiger partial charge is 0.272 e. The fourth-order valence-corrected chi connectivity index (χ4v) is 14.1. The maximum absolute atomic E-state index is 14.8. The van der Waals surface area contributed by atoms with E-state index in [4.69, 9.17) is 21.4 Å². The molecule has 2 aliphatic carbocycles. The van der Waals surface area contributed by atoms with Gasteiger partial charge in [0, 0.05) is 116 Å². The maximum atomic E-state index is 14.8. The maximum Gasteiger partial charge on any atom is 0.272 e. The molecule has 3 aromatic heterocycles. The van der Waals surface area contributed by atoms with Crippen LogP contribution in [0, 0.1) is 33.5 Å². The van der Waals surface area contributed by atoms with Gasteiger partial charge in [-0.3, -0.25) is 19.0 Å². The van der Waals surface area contributed by atoms with Gasteiger partial charge in [-0.25, -0.2) is 8.78 Å². The number of nitrogens with zero attached hydrogens (tertiary/aromatic N) is 11. The third kappa shape index (κ3) is 9.07. The summed E-state index contributed by atoms with van der Waals surface area (Å²) in [5.74, 6) is 2.48. The molecule has 6 aliphatic rings. The predicted molar refractivity (Wildman–Crippen MR) is 279 cm³/mol. The van der Waals surface area contributed by atoms with Crippen LogP contribution in [0.2, 0.25) is 5.02 Å². The molecule has 4 fully saturated rings. The Morgan fingerprint density at radius 1 is 0.959 bits per heavy atom. The monoisotopic (exact) mass is 1030 g/mol. The summed E-state index contributed by atoms with van der Waals surface area (Å²) >= 11 is 6.28. The molecule has 15 nitrogen and oxygen atoms in total. The van der Waals surface area contributed by atoms with Crippen molar-refractivity contribution in [3.8, 4) is 22.9 Å². The minimum Gasteiger partial charge on any atom is -0.489 e. The van der Waals surface area contributed by atoms with E-state index in [1.165, 1.54) is 18.5 Å². The number of benzene rings is 2. The average molecular weight is 1030 g/mol. The lowest BCUT2D eigenvalue weighted by Gasteiger charge is -2.63. The van der Waals surface area contributed by atoms with Crippen molar-refractivity contribution in [3.63, 3.8) is 0 Å². The van der Waals surface area contributed by atoms with Crippen molar-refractivity contribution in [1.29, 1.82) is 5.26 Å². The van der Waals surface area contributed by atoms with E-state index in [0.29, 0.717) is 58.4 Å². The van der Waals surface area contributed by atoms with Crippen molar-refractivity contribution in [2.24, 2.45) is 29.2 Å². The van der Waals surface area contributed by atoms with Crippen LogP contribution < -0.4 is 19.9 Å². The van der Waals surface area contributed by atoms with Crippen LogP contribution in [-0.2, 0) is 31.2 Å². The molecule has 2 amide bonds. The molecule has 5 aromatic rings. The van der Waals surface area contributed by atoms with Crippen LogP contribution in [0.4, 0.5) is 26.1 Å². The Kier molecular flexibility index (Phi) is 13.0. The van der Waals surface area contributed by atoms with Crippen LogP contribution in [0.3, 0.4) is 0 Å². The lowest BCUT2D eigenvalue weighted by molar-refractivity contribution is -0.164. The van der Waals surface area contributed by atoms with E-state index in [1.807, 2.05) is 17.0 Å². The molecule has 18 heteroatoms. The van der Waals surface area contributed by atoms with Gasteiger partial charge in [0.25, 0.3) is 12.3 Å². The summed E-state index contributed by atoms with van der Waals surface area (Å²) in [5.41, 5.74) is 5.47. The molecule has 7 heterocycles. The number of nitrogens with one attached hydrogen (secondary N) is 1. The number of hydrogen-bond donors (Lipinski definition) is 1. The number of carbonyl (C=O) groups excluding carboxylic acids is 2. The summed E-state index contributed by atoms with van der Waals surface area (Å²) in [4.78, 5) is 35.2. The van der Waals surface area contributed by atoms with Gasteiger partial charge in [0.2, 0.25) is 5.91 Å². The van der Waals surface area contributed by atoms with Crippen molar-refractivity contribution in [2.45, 2.75) is 124 Å². The molecule has 0 bridgehead atoms.